The summed E-state index contributed by atoms with van der Waals surface area (Å²) in [5.74, 6) is 0. The van der Waals surface area contributed by atoms with Gasteiger partial charge in [0.15, 0.2) is 0 Å². The van der Waals surface area contributed by atoms with E-state index < -0.39 is 10.0 Å². The minimum absolute atomic E-state index is 0. The summed E-state index contributed by atoms with van der Waals surface area (Å²) in [4.78, 5) is 0. The Labute approximate surface area is 91.1 Å². The number of piperidine rings is 1. The normalized spacial score (nSPS) is 24.3. The van der Waals surface area contributed by atoms with Gasteiger partial charge in [-0.2, -0.15) is 4.31 Å². The number of sulfonamides is 1. The lowest BCUT2D eigenvalue weighted by molar-refractivity contribution is 0.153. The Bertz CT molecular complexity index is 278. The van der Waals surface area contributed by atoms with Crippen molar-refractivity contribution in [3.05, 3.63) is 0 Å². The molecule has 0 saturated carbocycles. The molecule has 0 aromatic carbocycles. The van der Waals surface area contributed by atoms with Crippen LogP contribution < -0.4 is 0 Å². The summed E-state index contributed by atoms with van der Waals surface area (Å²) in [5.41, 5.74) is 0. The van der Waals surface area contributed by atoms with Crippen LogP contribution in [0.3, 0.4) is 0 Å². The lowest BCUT2D eigenvalue weighted by Gasteiger charge is -2.33. The van der Waals surface area contributed by atoms with E-state index >= 15 is 0 Å². The van der Waals surface area contributed by atoms with Gasteiger partial charge >= 0.3 is 0 Å². The number of aliphatic hydroxyl groups excluding tert-OH is 1. The molecule has 1 aliphatic rings. The lowest BCUT2D eigenvalue weighted by atomic mass is 10.1. The monoisotopic (exact) mass is 237 g/mol. The maximum atomic E-state index is 11.8. The van der Waals surface area contributed by atoms with Crippen LogP contribution in [0.5, 0.6) is 0 Å². The molecule has 1 aliphatic heterocycles. The van der Waals surface area contributed by atoms with Gasteiger partial charge in [-0.25, -0.2) is 8.42 Å². The molecule has 0 aliphatic carbocycles. The van der Waals surface area contributed by atoms with E-state index in [2.05, 4.69) is 0 Å². The molecule has 1 heterocycles. The number of hydrogen-bond donors (Lipinski definition) is 1. The van der Waals surface area contributed by atoms with Crippen molar-refractivity contribution >= 4 is 10.0 Å². The van der Waals surface area contributed by atoms with Crippen molar-refractivity contribution in [1.82, 2.24) is 4.31 Å². The second-order valence-corrected chi connectivity index (χ2v) is 5.79. The Balaban J connectivity index is 2.65. The first kappa shape index (κ1) is 12.9. The summed E-state index contributed by atoms with van der Waals surface area (Å²) in [6.45, 7) is 0.639. The van der Waals surface area contributed by atoms with E-state index in [-0.39, 0.29) is 25.0 Å². The van der Waals surface area contributed by atoms with E-state index in [1.807, 2.05) is 0 Å². The maximum absolute atomic E-state index is 11.8. The Morgan fingerprint density at radius 2 is 2.20 bits per heavy atom. The van der Waals surface area contributed by atoms with Crippen LogP contribution in [0, 0.1) is 0 Å². The summed E-state index contributed by atoms with van der Waals surface area (Å²) in [6, 6.07) is -0.236. The van der Waals surface area contributed by atoms with Crippen LogP contribution in [0.25, 0.3) is 0 Å². The Kier molecular flexibility index (Phi) is 4.98. The molecule has 1 saturated heterocycles. The van der Waals surface area contributed by atoms with E-state index in [1.165, 1.54) is 11.4 Å². The number of hydrogen-bond acceptors (Lipinski definition) is 4. The van der Waals surface area contributed by atoms with Gasteiger partial charge in [-0.05, 0) is 12.8 Å². The van der Waals surface area contributed by atoms with Crippen LogP contribution in [-0.4, -0.2) is 56.5 Å². The number of rotatable bonds is 5. The third-order valence-electron chi connectivity index (χ3n) is 2.69. The predicted octanol–water partition coefficient (Wildman–Crippen LogP) is -0.191. The Morgan fingerprint density at radius 1 is 1.47 bits per heavy atom. The summed E-state index contributed by atoms with van der Waals surface area (Å²) < 4.78 is 29.9. The second-order valence-electron chi connectivity index (χ2n) is 3.75. The van der Waals surface area contributed by atoms with E-state index in [0.29, 0.717) is 6.54 Å². The zero-order chi connectivity index (χ0) is 11.3. The van der Waals surface area contributed by atoms with E-state index in [1.54, 1.807) is 0 Å². The first-order valence-electron chi connectivity index (χ1n) is 5.21. The van der Waals surface area contributed by atoms with Gasteiger partial charge in [0.1, 0.15) is 0 Å². The molecule has 0 aromatic rings. The molecule has 0 amide bonds. The first-order valence-corrected chi connectivity index (χ1v) is 6.82. The Hall–Kier alpha value is -0.170. The van der Waals surface area contributed by atoms with Crippen LogP contribution in [-0.2, 0) is 14.8 Å². The minimum atomic E-state index is -3.26. The third-order valence-corrected chi connectivity index (χ3v) is 4.56. The first-order chi connectivity index (χ1) is 7.11. The number of aliphatic hydroxyl groups is 1. The van der Waals surface area contributed by atoms with Crippen LogP contribution in [0.1, 0.15) is 19.3 Å². The van der Waals surface area contributed by atoms with Gasteiger partial charge in [-0.15, -0.1) is 0 Å². The molecule has 0 radical (unpaired) electrons. The van der Waals surface area contributed by atoms with Gasteiger partial charge in [0.05, 0.1) is 19.0 Å². The molecule has 1 atom stereocenters. The number of ether oxygens (including phenoxy) is 1. The molecule has 1 unspecified atom stereocenters. The predicted molar refractivity (Wildman–Crippen MR) is 57.1 cm³/mol. The molecular weight excluding hydrogens is 218 g/mol. The standard InChI is InChI=1S/C9H19NO4S/c1-14-6-7-15(12,13)10-5-3-2-4-9(10)8-11/h9,11H,2-8H2,1H3. The van der Waals surface area contributed by atoms with E-state index in [9.17, 15) is 8.42 Å². The highest BCUT2D eigenvalue weighted by Gasteiger charge is 2.31. The maximum Gasteiger partial charge on any atom is 0.216 e. The van der Waals surface area contributed by atoms with Gasteiger partial charge in [0.25, 0.3) is 0 Å². The molecule has 0 bridgehead atoms. The molecular formula is C9H19NO4S. The number of nitrogens with zero attached hydrogens (tertiary/aromatic N) is 1. The molecule has 1 fully saturated rings. The van der Waals surface area contributed by atoms with Crippen LogP contribution in [0.2, 0.25) is 0 Å². The highest BCUT2D eigenvalue weighted by molar-refractivity contribution is 7.89. The highest BCUT2D eigenvalue weighted by atomic mass is 32.2. The fourth-order valence-electron chi connectivity index (χ4n) is 1.83. The minimum Gasteiger partial charge on any atom is -0.395 e. The van der Waals surface area contributed by atoms with Crippen molar-refractivity contribution < 1.29 is 18.3 Å². The Morgan fingerprint density at radius 3 is 2.80 bits per heavy atom. The van der Waals surface area contributed by atoms with Crippen molar-refractivity contribution in [3.8, 4) is 0 Å². The molecule has 15 heavy (non-hydrogen) atoms. The van der Waals surface area contributed by atoms with Gasteiger partial charge < -0.3 is 9.84 Å². The molecule has 90 valence electrons. The largest absolute Gasteiger partial charge is 0.395 e. The van der Waals surface area contributed by atoms with Crippen molar-refractivity contribution in [3.63, 3.8) is 0 Å². The molecule has 0 aromatic heterocycles. The quantitative estimate of drug-likeness (QED) is 0.719. The smallest absolute Gasteiger partial charge is 0.216 e. The molecule has 6 heteroatoms. The second kappa shape index (κ2) is 5.79. The van der Waals surface area contributed by atoms with Crippen molar-refractivity contribution in [2.75, 3.05) is 32.6 Å². The number of methoxy groups -OCH3 is 1. The van der Waals surface area contributed by atoms with E-state index in [4.69, 9.17) is 9.84 Å². The van der Waals surface area contributed by atoms with Crippen LogP contribution in [0.15, 0.2) is 0 Å². The van der Waals surface area contributed by atoms with Crippen LogP contribution in [0.4, 0.5) is 0 Å². The lowest BCUT2D eigenvalue weighted by Crippen LogP contribution is -2.46. The topological polar surface area (TPSA) is 66.8 Å². The summed E-state index contributed by atoms with van der Waals surface area (Å²) in [5, 5.41) is 9.11. The average Bonchev–Trinajstić information content (AvgIpc) is 2.26. The zero-order valence-electron chi connectivity index (χ0n) is 9.05. The fourth-order valence-corrected chi connectivity index (χ4v) is 3.47. The SMILES string of the molecule is COCCS(=O)(=O)N1CCCCC1CO. The zero-order valence-corrected chi connectivity index (χ0v) is 9.87. The van der Waals surface area contributed by atoms with Crippen molar-refractivity contribution in [1.29, 1.82) is 0 Å². The van der Waals surface area contributed by atoms with E-state index in [0.717, 1.165) is 19.3 Å². The highest BCUT2D eigenvalue weighted by Crippen LogP contribution is 2.20. The third kappa shape index (κ3) is 3.41. The molecule has 1 N–H and O–H groups in total. The van der Waals surface area contributed by atoms with Gasteiger partial charge in [-0.1, -0.05) is 6.42 Å². The van der Waals surface area contributed by atoms with Crippen molar-refractivity contribution in [2.24, 2.45) is 0 Å². The van der Waals surface area contributed by atoms with Gasteiger partial charge in [0.2, 0.25) is 10.0 Å². The molecule has 5 nitrogen and oxygen atoms in total. The summed E-state index contributed by atoms with van der Waals surface area (Å²) in [6.07, 6.45) is 2.62. The molecule has 0 spiro atoms. The fraction of sp³-hybridized carbons (Fsp3) is 1.00. The molecule has 1 rings (SSSR count). The van der Waals surface area contributed by atoms with Gasteiger partial charge in [0, 0.05) is 19.7 Å². The van der Waals surface area contributed by atoms with Crippen molar-refractivity contribution in [2.45, 2.75) is 25.3 Å². The van der Waals surface area contributed by atoms with Crippen LogP contribution >= 0.6 is 0 Å². The summed E-state index contributed by atoms with van der Waals surface area (Å²) >= 11 is 0. The average molecular weight is 237 g/mol. The summed E-state index contributed by atoms with van der Waals surface area (Å²) in [7, 11) is -1.78. The van der Waals surface area contributed by atoms with Gasteiger partial charge in [-0.3, -0.25) is 0 Å².